The van der Waals surface area contributed by atoms with Crippen molar-refractivity contribution in [1.82, 2.24) is 10.2 Å². The van der Waals surface area contributed by atoms with Crippen molar-refractivity contribution in [3.63, 3.8) is 0 Å². The molecule has 0 bridgehead atoms. The van der Waals surface area contributed by atoms with Gasteiger partial charge in [-0.25, -0.2) is 4.99 Å². The average Bonchev–Trinajstić information content (AvgIpc) is 2.73. The van der Waals surface area contributed by atoms with E-state index in [0.29, 0.717) is 10.0 Å². The number of piperazine rings is 1. The highest BCUT2D eigenvalue weighted by molar-refractivity contribution is 6.34. The van der Waals surface area contributed by atoms with Gasteiger partial charge in [0.1, 0.15) is 5.84 Å². The highest BCUT2D eigenvalue weighted by Gasteiger charge is 2.23. The Morgan fingerprint density at radius 1 is 1.04 bits per heavy atom. The van der Waals surface area contributed by atoms with E-state index >= 15 is 0 Å². The molecule has 2 heterocycles. The lowest BCUT2D eigenvalue weighted by atomic mass is 10.1. The van der Waals surface area contributed by atoms with Crippen LogP contribution in [-0.4, -0.2) is 36.9 Å². The summed E-state index contributed by atoms with van der Waals surface area (Å²) in [5.41, 5.74) is 3.66. The number of hydrogen-bond acceptors (Lipinski definition) is 4. The van der Waals surface area contributed by atoms with Gasteiger partial charge in [0.15, 0.2) is 0 Å². The molecule has 2 aromatic rings. The van der Waals surface area contributed by atoms with Gasteiger partial charge in [0.25, 0.3) is 0 Å². The van der Waals surface area contributed by atoms with Gasteiger partial charge in [0, 0.05) is 36.8 Å². The predicted octanol–water partition coefficient (Wildman–Crippen LogP) is 4.03. The molecule has 2 aromatic carbocycles. The van der Waals surface area contributed by atoms with E-state index in [0.717, 1.165) is 54.6 Å². The second kappa shape index (κ2) is 6.04. The molecule has 0 spiro atoms. The molecule has 6 heteroatoms. The molecule has 0 atom stereocenters. The number of anilines is 2. The van der Waals surface area contributed by atoms with E-state index < -0.39 is 0 Å². The maximum Gasteiger partial charge on any atom is 0.138 e. The molecule has 0 unspecified atom stereocenters. The topological polar surface area (TPSA) is 39.7 Å². The smallest absolute Gasteiger partial charge is 0.138 e. The van der Waals surface area contributed by atoms with Crippen molar-refractivity contribution < 1.29 is 0 Å². The minimum Gasteiger partial charge on any atom is -0.353 e. The summed E-state index contributed by atoms with van der Waals surface area (Å²) in [4.78, 5) is 7.21. The Bertz CT molecular complexity index is 782. The Labute approximate surface area is 145 Å². The van der Waals surface area contributed by atoms with Crippen LogP contribution in [0.4, 0.5) is 17.1 Å². The van der Waals surface area contributed by atoms with Crippen LogP contribution < -0.4 is 10.6 Å². The van der Waals surface area contributed by atoms with Crippen molar-refractivity contribution in [2.24, 2.45) is 4.99 Å². The van der Waals surface area contributed by atoms with E-state index in [9.17, 15) is 0 Å². The second-order valence-electron chi connectivity index (χ2n) is 5.62. The normalized spacial score (nSPS) is 16.8. The Balaban J connectivity index is 1.91. The number of halogens is 2. The Kier molecular flexibility index (Phi) is 3.89. The van der Waals surface area contributed by atoms with E-state index in [1.54, 1.807) is 0 Å². The molecular weight excluding hydrogens is 331 g/mol. The van der Waals surface area contributed by atoms with E-state index in [1.807, 2.05) is 30.3 Å². The number of hydrogen-bond donors (Lipinski definition) is 2. The molecule has 1 saturated heterocycles. The summed E-state index contributed by atoms with van der Waals surface area (Å²) < 4.78 is 0. The summed E-state index contributed by atoms with van der Waals surface area (Å²) in [5, 5.41) is 8.15. The van der Waals surface area contributed by atoms with Gasteiger partial charge < -0.3 is 15.5 Å². The lowest BCUT2D eigenvalue weighted by Gasteiger charge is -2.30. The standard InChI is InChI=1S/C17H16Cl2N4/c18-11-4-5-14-15(10-11)22-17(23-8-6-20-7-9-23)12-2-1-3-13(19)16(12)21-14/h1-5,10,20-21H,6-9H2. The molecule has 23 heavy (non-hydrogen) atoms. The van der Waals surface area contributed by atoms with Crippen molar-refractivity contribution in [2.75, 3.05) is 31.5 Å². The highest BCUT2D eigenvalue weighted by Crippen LogP contribution is 2.39. The molecule has 118 valence electrons. The van der Waals surface area contributed by atoms with Crippen molar-refractivity contribution in [2.45, 2.75) is 0 Å². The number of rotatable bonds is 0. The molecule has 0 amide bonds. The van der Waals surface area contributed by atoms with Crippen LogP contribution in [0, 0.1) is 0 Å². The van der Waals surface area contributed by atoms with Crippen LogP contribution in [0.3, 0.4) is 0 Å². The first-order valence-corrected chi connectivity index (χ1v) is 8.38. The zero-order valence-electron chi connectivity index (χ0n) is 12.4. The molecule has 4 nitrogen and oxygen atoms in total. The number of amidine groups is 1. The van der Waals surface area contributed by atoms with Crippen LogP contribution in [-0.2, 0) is 0 Å². The number of benzene rings is 2. The molecule has 2 aliphatic heterocycles. The van der Waals surface area contributed by atoms with Gasteiger partial charge >= 0.3 is 0 Å². The Hall–Kier alpha value is -1.75. The number of nitrogens with zero attached hydrogens (tertiary/aromatic N) is 2. The third kappa shape index (κ3) is 2.78. The number of aliphatic imine (C=N–C) groups is 1. The van der Waals surface area contributed by atoms with Gasteiger partial charge in [0.05, 0.1) is 22.1 Å². The number of para-hydroxylation sites is 1. The summed E-state index contributed by atoms with van der Waals surface area (Å²) in [6.45, 7) is 3.73. The van der Waals surface area contributed by atoms with Crippen LogP contribution in [0.5, 0.6) is 0 Å². The van der Waals surface area contributed by atoms with Gasteiger partial charge in [-0.3, -0.25) is 0 Å². The first-order chi connectivity index (χ1) is 11.2. The molecule has 1 fully saturated rings. The maximum atomic E-state index is 6.44. The molecule has 0 aromatic heterocycles. The summed E-state index contributed by atoms with van der Waals surface area (Å²) in [6.07, 6.45) is 0. The summed E-state index contributed by atoms with van der Waals surface area (Å²) in [6, 6.07) is 11.6. The van der Waals surface area contributed by atoms with Crippen LogP contribution in [0.15, 0.2) is 41.4 Å². The highest BCUT2D eigenvalue weighted by atomic mass is 35.5. The van der Waals surface area contributed by atoms with E-state index in [2.05, 4.69) is 21.6 Å². The van der Waals surface area contributed by atoms with Gasteiger partial charge in [-0.15, -0.1) is 0 Å². The molecule has 4 rings (SSSR count). The van der Waals surface area contributed by atoms with E-state index in [-0.39, 0.29) is 0 Å². The first kappa shape index (κ1) is 14.8. The summed E-state index contributed by atoms with van der Waals surface area (Å²) in [7, 11) is 0. The van der Waals surface area contributed by atoms with Crippen molar-refractivity contribution in [1.29, 1.82) is 0 Å². The molecule has 0 aliphatic carbocycles. The minimum absolute atomic E-state index is 0.672. The SMILES string of the molecule is Clc1ccc2c(c1)N=C(N1CCNCC1)c1cccc(Cl)c1N2. The van der Waals surface area contributed by atoms with Crippen LogP contribution in [0.25, 0.3) is 0 Å². The Morgan fingerprint density at radius 2 is 1.87 bits per heavy atom. The quantitative estimate of drug-likeness (QED) is 0.756. The second-order valence-corrected chi connectivity index (χ2v) is 6.46. The van der Waals surface area contributed by atoms with Gasteiger partial charge in [-0.05, 0) is 30.3 Å². The maximum absolute atomic E-state index is 6.44. The molecule has 0 radical (unpaired) electrons. The van der Waals surface area contributed by atoms with Gasteiger partial charge in [-0.2, -0.15) is 0 Å². The van der Waals surface area contributed by atoms with Crippen LogP contribution in [0.1, 0.15) is 5.56 Å². The monoisotopic (exact) mass is 346 g/mol. The third-order valence-corrected chi connectivity index (χ3v) is 4.67. The number of fused-ring (bicyclic) bond motifs is 2. The van der Waals surface area contributed by atoms with E-state index in [4.69, 9.17) is 28.2 Å². The molecule has 2 N–H and O–H groups in total. The fourth-order valence-electron chi connectivity index (χ4n) is 2.97. The molecule has 2 aliphatic rings. The summed E-state index contributed by atoms with van der Waals surface area (Å²) in [5.74, 6) is 0.942. The zero-order valence-corrected chi connectivity index (χ0v) is 14.0. The van der Waals surface area contributed by atoms with Crippen molar-refractivity contribution in [3.8, 4) is 0 Å². The molecule has 0 saturated carbocycles. The lowest BCUT2D eigenvalue weighted by Crippen LogP contribution is -2.46. The van der Waals surface area contributed by atoms with Crippen LogP contribution in [0.2, 0.25) is 10.0 Å². The minimum atomic E-state index is 0.672. The summed E-state index contributed by atoms with van der Waals surface area (Å²) >= 11 is 12.6. The lowest BCUT2D eigenvalue weighted by molar-refractivity contribution is 0.358. The fraction of sp³-hybridized carbons (Fsp3) is 0.235. The zero-order chi connectivity index (χ0) is 15.8. The predicted molar refractivity (Wildman–Crippen MR) is 96.8 cm³/mol. The number of nitrogens with one attached hydrogen (secondary N) is 2. The third-order valence-electron chi connectivity index (χ3n) is 4.12. The van der Waals surface area contributed by atoms with Crippen molar-refractivity contribution in [3.05, 3.63) is 52.0 Å². The van der Waals surface area contributed by atoms with Crippen LogP contribution >= 0.6 is 23.2 Å². The van der Waals surface area contributed by atoms with Gasteiger partial charge in [0.2, 0.25) is 0 Å². The van der Waals surface area contributed by atoms with E-state index in [1.165, 1.54) is 0 Å². The first-order valence-electron chi connectivity index (χ1n) is 7.62. The molecular formula is C17H16Cl2N4. The van der Waals surface area contributed by atoms with Gasteiger partial charge in [-0.1, -0.05) is 29.3 Å². The fourth-order valence-corrected chi connectivity index (χ4v) is 3.36. The Morgan fingerprint density at radius 3 is 2.70 bits per heavy atom. The van der Waals surface area contributed by atoms with Crippen molar-refractivity contribution >= 4 is 46.1 Å². The average molecular weight is 347 g/mol. The largest absolute Gasteiger partial charge is 0.353 e.